The summed E-state index contributed by atoms with van der Waals surface area (Å²) in [6, 6.07) is 16.5. The van der Waals surface area contributed by atoms with Crippen LogP contribution in [0.5, 0.6) is 17.4 Å². The molecule has 0 aliphatic rings. The van der Waals surface area contributed by atoms with Crippen molar-refractivity contribution >= 4 is 22.4 Å². The van der Waals surface area contributed by atoms with E-state index in [-0.39, 0.29) is 17.4 Å². The molecule has 0 radical (unpaired) electrons. The number of aromatic nitrogens is 3. The van der Waals surface area contributed by atoms with Crippen molar-refractivity contribution in [3.05, 3.63) is 82.3 Å². The predicted molar refractivity (Wildman–Crippen MR) is 116 cm³/mol. The molecule has 31 heavy (non-hydrogen) atoms. The van der Waals surface area contributed by atoms with Gasteiger partial charge >= 0.3 is 11.6 Å². The molecule has 2 aromatic carbocycles. The molecule has 0 bridgehead atoms. The van der Waals surface area contributed by atoms with Gasteiger partial charge in [-0.25, -0.2) is 9.97 Å². The minimum atomic E-state index is -0.560. The van der Waals surface area contributed by atoms with Crippen molar-refractivity contribution in [3.8, 4) is 17.4 Å². The molecule has 1 N–H and O–H groups in total. The molecule has 0 aliphatic heterocycles. The van der Waals surface area contributed by atoms with Crippen molar-refractivity contribution in [2.75, 3.05) is 12.4 Å². The molecule has 0 saturated carbocycles. The first-order valence-electron chi connectivity index (χ1n) is 9.45. The summed E-state index contributed by atoms with van der Waals surface area (Å²) in [5, 5.41) is 15.7. The van der Waals surface area contributed by atoms with E-state index < -0.39 is 4.92 Å². The number of hydrogen-bond acceptors (Lipinski definition) is 8. The molecule has 156 valence electrons. The number of fused-ring (bicyclic) bond motifs is 1. The largest absolute Gasteiger partial charge is 0.497 e. The Bertz CT molecular complexity index is 1240. The number of ether oxygens (including phenoxy) is 2. The van der Waals surface area contributed by atoms with Gasteiger partial charge in [0, 0.05) is 17.6 Å². The lowest BCUT2D eigenvalue weighted by molar-refractivity contribution is -0.385. The van der Waals surface area contributed by atoms with Gasteiger partial charge in [-0.05, 0) is 36.8 Å². The molecular weight excluding hydrogens is 398 g/mol. The third-order valence-electron chi connectivity index (χ3n) is 4.62. The summed E-state index contributed by atoms with van der Waals surface area (Å²) in [6.45, 7) is 2.20. The van der Waals surface area contributed by atoms with E-state index in [1.165, 1.54) is 6.33 Å². The number of para-hydroxylation sites is 1. The molecule has 0 aliphatic carbocycles. The summed E-state index contributed by atoms with van der Waals surface area (Å²) in [4.78, 5) is 23.8. The Morgan fingerprint density at radius 2 is 1.87 bits per heavy atom. The van der Waals surface area contributed by atoms with Gasteiger partial charge in [-0.15, -0.1) is 0 Å². The van der Waals surface area contributed by atoms with E-state index in [9.17, 15) is 10.1 Å². The first kappa shape index (κ1) is 20.0. The molecule has 2 heterocycles. The summed E-state index contributed by atoms with van der Waals surface area (Å²) in [7, 11) is 1.59. The lowest BCUT2D eigenvalue weighted by Crippen LogP contribution is -2.07. The standard InChI is InChI=1S/C22H19N5O4/c1-14-6-9-16-4-3-5-18(19(16)26-14)31-22-20(27(28)29)21(24-13-25-22)23-12-15-7-10-17(30-2)11-8-15/h3-11,13H,12H2,1-2H3,(H,23,24,25). The molecule has 0 spiro atoms. The van der Waals surface area contributed by atoms with Gasteiger partial charge in [0.25, 0.3) is 0 Å². The van der Waals surface area contributed by atoms with Crippen molar-refractivity contribution in [3.63, 3.8) is 0 Å². The number of nitrogens with zero attached hydrogens (tertiary/aromatic N) is 4. The van der Waals surface area contributed by atoms with Crippen molar-refractivity contribution in [2.24, 2.45) is 0 Å². The average Bonchev–Trinajstić information content (AvgIpc) is 2.78. The Morgan fingerprint density at radius 1 is 1.06 bits per heavy atom. The maximum atomic E-state index is 11.8. The molecule has 0 unspecified atom stereocenters. The van der Waals surface area contributed by atoms with Gasteiger partial charge in [-0.2, -0.15) is 4.98 Å². The van der Waals surface area contributed by atoms with Gasteiger partial charge in [-0.3, -0.25) is 10.1 Å². The maximum Gasteiger partial charge on any atom is 0.373 e. The zero-order valence-electron chi connectivity index (χ0n) is 16.9. The fourth-order valence-corrected chi connectivity index (χ4v) is 3.06. The fraction of sp³-hybridized carbons (Fsp3) is 0.136. The summed E-state index contributed by atoms with van der Waals surface area (Å²) in [6.07, 6.45) is 1.22. The van der Waals surface area contributed by atoms with Crippen LogP contribution in [0.4, 0.5) is 11.5 Å². The molecule has 2 aromatic heterocycles. The summed E-state index contributed by atoms with van der Waals surface area (Å²) in [5.41, 5.74) is 1.97. The highest BCUT2D eigenvalue weighted by molar-refractivity contribution is 5.85. The maximum absolute atomic E-state index is 11.8. The van der Waals surface area contributed by atoms with Crippen molar-refractivity contribution < 1.29 is 14.4 Å². The van der Waals surface area contributed by atoms with Crippen LogP contribution < -0.4 is 14.8 Å². The van der Waals surface area contributed by atoms with Crippen LogP contribution in [0.1, 0.15) is 11.3 Å². The molecule has 0 fully saturated rings. The number of anilines is 1. The van der Waals surface area contributed by atoms with E-state index in [0.717, 1.165) is 22.4 Å². The van der Waals surface area contributed by atoms with E-state index in [2.05, 4.69) is 20.3 Å². The smallest absolute Gasteiger partial charge is 0.373 e. The molecule has 4 aromatic rings. The van der Waals surface area contributed by atoms with Crippen LogP contribution in [0.15, 0.2) is 60.9 Å². The topological polar surface area (TPSA) is 112 Å². The minimum Gasteiger partial charge on any atom is -0.497 e. The van der Waals surface area contributed by atoms with Crippen LogP contribution in [0.2, 0.25) is 0 Å². The molecular formula is C22H19N5O4. The highest BCUT2D eigenvalue weighted by atomic mass is 16.6. The van der Waals surface area contributed by atoms with Gasteiger partial charge in [0.2, 0.25) is 5.82 Å². The van der Waals surface area contributed by atoms with Crippen LogP contribution >= 0.6 is 0 Å². The van der Waals surface area contributed by atoms with E-state index in [1.807, 2.05) is 49.4 Å². The second-order valence-corrected chi connectivity index (χ2v) is 6.72. The highest BCUT2D eigenvalue weighted by Crippen LogP contribution is 2.36. The van der Waals surface area contributed by atoms with Crippen molar-refractivity contribution in [1.82, 2.24) is 15.0 Å². The van der Waals surface area contributed by atoms with E-state index >= 15 is 0 Å². The van der Waals surface area contributed by atoms with E-state index in [4.69, 9.17) is 9.47 Å². The zero-order chi connectivity index (χ0) is 21.8. The number of benzene rings is 2. The van der Waals surface area contributed by atoms with Gasteiger partial charge in [0.1, 0.15) is 17.6 Å². The molecule has 9 heteroatoms. The Balaban J connectivity index is 1.64. The number of pyridine rings is 1. The quantitative estimate of drug-likeness (QED) is 0.341. The number of aryl methyl sites for hydroxylation is 1. The minimum absolute atomic E-state index is 0.0650. The Labute approximate surface area is 177 Å². The fourth-order valence-electron chi connectivity index (χ4n) is 3.06. The summed E-state index contributed by atoms with van der Waals surface area (Å²) < 4.78 is 11.0. The zero-order valence-corrected chi connectivity index (χ0v) is 16.9. The number of hydrogen-bond donors (Lipinski definition) is 1. The SMILES string of the molecule is COc1ccc(CNc2ncnc(Oc3cccc4ccc(C)nc34)c2[N+](=O)[O-])cc1. The van der Waals surface area contributed by atoms with Gasteiger partial charge in [-0.1, -0.05) is 30.3 Å². The highest BCUT2D eigenvalue weighted by Gasteiger charge is 2.25. The normalized spacial score (nSPS) is 10.6. The molecule has 0 saturated heterocycles. The first-order valence-corrected chi connectivity index (χ1v) is 9.45. The average molecular weight is 417 g/mol. The second-order valence-electron chi connectivity index (χ2n) is 6.72. The third kappa shape index (κ3) is 4.35. The summed E-state index contributed by atoms with van der Waals surface area (Å²) >= 11 is 0. The van der Waals surface area contributed by atoms with Crippen LogP contribution in [-0.2, 0) is 6.54 Å². The lowest BCUT2D eigenvalue weighted by Gasteiger charge is -2.11. The van der Waals surface area contributed by atoms with Gasteiger partial charge in [0.15, 0.2) is 5.75 Å². The second kappa shape index (κ2) is 8.62. The number of methoxy groups -OCH3 is 1. The van der Waals surface area contributed by atoms with E-state index in [1.54, 1.807) is 19.2 Å². The van der Waals surface area contributed by atoms with Gasteiger partial charge < -0.3 is 14.8 Å². The molecule has 0 atom stereocenters. The van der Waals surface area contributed by atoms with Crippen molar-refractivity contribution in [2.45, 2.75) is 13.5 Å². The van der Waals surface area contributed by atoms with Crippen LogP contribution in [0.3, 0.4) is 0 Å². The first-order chi connectivity index (χ1) is 15.0. The predicted octanol–water partition coefficient (Wildman–Crippen LogP) is 4.65. The van der Waals surface area contributed by atoms with Crippen LogP contribution in [0.25, 0.3) is 10.9 Å². The Kier molecular flexibility index (Phi) is 5.57. The van der Waals surface area contributed by atoms with E-state index in [0.29, 0.717) is 17.8 Å². The lowest BCUT2D eigenvalue weighted by atomic mass is 10.2. The Morgan fingerprint density at radius 3 is 2.61 bits per heavy atom. The van der Waals surface area contributed by atoms with Gasteiger partial charge in [0.05, 0.1) is 12.0 Å². The number of nitrogens with one attached hydrogen (secondary N) is 1. The number of rotatable bonds is 7. The summed E-state index contributed by atoms with van der Waals surface area (Å²) in [5.74, 6) is 1.01. The Hall–Kier alpha value is -4.27. The number of nitro groups is 1. The third-order valence-corrected chi connectivity index (χ3v) is 4.62. The van der Waals surface area contributed by atoms with Crippen LogP contribution in [-0.4, -0.2) is 27.0 Å². The molecule has 0 amide bonds. The monoisotopic (exact) mass is 417 g/mol. The molecule has 4 rings (SSSR count). The van der Waals surface area contributed by atoms with Crippen molar-refractivity contribution in [1.29, 1.82) is 0 Å². The van der Waals surface area contributed by atoms with Crippen LogP contribution in [0, 0.1) is 17.0 Å². The molecule has 9 nitrogen and oxygen atoms in total.